The van der Waals surface area contributed by atoms with Crippen molar-refractivity contribution >= 4 is 5.71 Å². The first kappa shape index (κ1) is 13.3. The molecule has 0 spiro atoms. The molecule has 0 heterocycles. The van der Waals surface area contributed by atoms with Gasteiger partial charge in [-0.1, -0.05) is 53.2 Å². The lowest BCUT2D eigenvalue weighted by Gasteiger charge is -2.12. The third-order valence-corrected chi connectivity index (χ3v) is 3.19. The predicted octanol–water partition coefficient (Wildman–Crippen LogP) is 4.34. The zero-order chi connectivity index (χ0) is 13.8. The van der Waals surface area contributed by atoms with Gasteiger partial charge in [0.1, 0.15) is 7.11 Å². The molecule has 0 aromatic heterocycles. The number of hydrogen-bond acceptors (Lipinski definition) is 2. The van der Waals surface area contributed by atoms with Crippen molar-refractivity contribution in [3.63, 3.8) is 0 Å². The average molecular weight is 253 g/mol. The van der Waals surface area contributed by atoms with Gasteiger partial charge in [-0.15, -0.1) is 0 Å². The molecule has 0 saturated heterocycles. The van der Waals surface area contributed by atoms with Crippen LogP contribution in [0.1, 0.15) is 23.6 Å². The average Bonchev–Trinajstić information content (AvgIpc) is 2.38. The first-order chi connectivity index (χ1) is 9.13. The smallest absolute Gasteiger partial charge is 0.106 e. The van der Waals surface area contributed by atoms with E-state index in [1.165, 1.54) is 22.3 Å². The minimum atomic E-state index is 0.900. The summed E-state index contributed by atoms with van der Waals surface area (Å²) in [6, 6.07) is 14.8. The van der Waals surface area contributed by atoms with Crippen LogP contribution in [0.25, 0.3) is 11.1 Å². The summed E-state index contributed by atoms with van der Waals surface area (Å²) in [6.45, 7) is 6.18. The maximum absolute atomic E-state index is 4.92. The lowest BCUT2D eigenvalue weighted by molar-refractivity contribution is 0.213. The first-order valence-electron chi connectivity index (χ1n) is 6.38. The Balaban J connectivity index is 2.64. The Bertz CT molecular complexity index is 614. The highest BCUT2D eigenvalue weighted by atomic mass is 16.6. The van der Waals surface area contributed by atoms with E-state index in [4.69, 9.17) is 4.84 Å². The van der Waals surface area contributed by atoms with Crippen LogP contribution in [0.2, 0.25) is 0 Å². The highest BCUT2D eigenvalue weighted by Crippen LogP contribution is 2.27. The van der Waals surface area contributed by atoms with Gasteiger partial charge >= 0.3 is 0 Å². The third kappa shape index (κ3) is 2.84. The van der Waals surface area contributed by atoms with Gasteiger partial charge in [0.25, 0.3) is 0 Å². The van der Waals surface area contributed by atoms with Crippen molar-refractivity contribution in [2.24, 2.45) is 5.16 Å². The van der Waals surface area contributed by atoms with Crippen LogP contribution in [0.15, 0.2) is 47.6 Å². The zero-order valence-corrected chi connectivity index (χ0v) is 11.9. The predicted molar refractivity (Wildman–Crippen MR) is 80.6 cm³/mol. The van der Waals surface area contributed by atoms with Gasteiger partial charge in [0.15, 0.2) is 0 Å². The number of benzene rings is 2. The Kier molecular flexibility index (Phi) is 4.00. The molecule has 0 unspecified atom stereocenters. The second-order valence-electron chi connectivity index (χ2n) is 4.73. The molecule has 0 aliphatic carbocycles. The van der Waals surface area contributed by atoms with E-state index in [1.54, 1.807) is 7.11 Å². The molecule has 0 aliphatic heterocycles. The number of nitrogens with zero attached hydrogens (tertiary/aromatic N) is 1. The Morgan fingerprint density at radius 3 is 2.47 bits per heavy atom. The van der Waals surface area contributed by atoms with Crippen molar-refractivity contribution in [2.75, 3.05) is 7.11 Å². The highest BCUT2D eigenvalue weighted by molar-refractivity contribution is 6.05. The largest absolute Gasteiger partial charge is 0.399 e. The third-order valence-electron chi connectivity index (χ3n) is 3.19. The van der Waals surface area contributed by atoms with Gasteiger partial charge in [-0.3, -0.25) is 0 Å². The van der Waals surface area contributed by atoms with Gasteiger partial charge in [-0.25, -0.2) is 0 Å². The Morgan fingerprint density at radius 1 is 1.05 bits per heavy atom. The topological polar surface area (TPSA) is 21.6 Å². The summed E-state index contributed by atoms with van der Waals surface area (Å²) >= 11 is 0. The molecule has 98 valence electrons. The summed E-state index contributed by atoms with van der Waals surface area (Å²) in [7, 11) is 1.58. The van der Waals surface area contributed by atoms with Crippen LogP contribution in [-0.2, 0) is 4.84 Å². The molecule has 2 rings (SSSR count). The van der Waals surface area contributed by atoms with Crippen molar-refractivity contribution in [1.82, 2.24) is 0 Å². The van der Waals surface area contributed by atoms with E-state index in [1.807, 2.05) is 6.92 Å². The summed E-state index contributed by atoms with van der Waals surface area (Å²) in [6.07, 6.45) is 0. The molecule has 2 heteroatoms. The minimum Gasteiger partial charge on any atom is -0.399 e. The van der Waals surface area contributed by atoms with Gasteiger partial charge < -0.3 is 4.84 Å². The Labute approximate surface area is 114 Å². The summed E-state index contributed by atoms with van der Waals surface area (Å²) in [5.74, 6) is 0. The van der Waals surface area contributed by atoms with Crippen LogP contribution in [0.4, 0.5) is 0 Å². The molecule has 0 fully saturated rings. The maximum atomic E-state index is 4.92. The molecule has 0 radical (unpaired) electrons. The van der Waals surface area contributed by atoms with Gasteiger partial charge in [-0.2, -0.15) is 0 Å². The number of oxime groups is 1. The molecule has 0 saturated carbocycles. The molecule has 0 aliphatic rings. The molecular weight excluding hydrogens is 234 g/mol. The van der Waals surface area contributed by atoms with Gasteiger partial charge in [0.2, 0.25) is 0 Å². The fourth-order valence-electron chi connectivity index (χ4n) is 2.38. The van der Waals surface area contributed by atoms with Gasteiger partial charge in [0, 0.05) is 5.56 Å². The van der Waals surface area contributed by atoms with E-state index in [-0.39, 0.29) is 0 Å². The number of rotatable bonds is 3. The molecular formula is C17H19NO. The number of aryl methyl sites for hydroxylation is 2. The molecule has 2 aromatic rings. The highest BCUT2D eigenvalue weighted by Gasteiger charge is 2.11. The molecule has 0 amide bonds. The monoisotopic (exact) mass is 253 g/mol. The van der Waals surface area contributed by atoms with E-state index < -0.39 is 0 Å². The van der Waals surface area contributed by atoms with Crippen LogP contribution in [-0.4, -0.2) is 12.8 Å². The fraction of sp³-hybridized carbons (Fsp3) is 0.235. The second kappa shape index (κ2) is 5.70. The lowest BCUT2D eigenvalue weighted by Crippen LogP contribution is -2.02. The van der Waals surface area contributed by atoms with Crippen LogP contribution in [0, 0.1) is 13.8 Å². The lowest BCUT2D eigenvalue weighted by atomic mass is 9.93. The standard InChI is InChI=1S/C17H19NO/c1-12-7-5-9-15(11-12)16-10-6-8-13(2)17(16)14(3)18-19-4/h5-11H,1-4H3/b18-14+. The second-order valence-corrected chi connectivity index (χ2v) is 4.73. The normalized spacial score (nSPS) is 11.5. The summed E-state index contributed by atoms with van der Waals surface area (Å²) in [4.78, 5) is 4.92. The van der Waals surface area contributed by atoms with Crippen molar-refractivity contribution in [2.45, 2.75) is 20.8 Å². The van der Waals surface area contributed by atoms with Crippen molar-refractivity contribution < 1.29 is 4.84 Å². The van der Waals surface area contributed by atoms with E-state index in [2.05, 4.69) is 61.5 Å². The first-order valence-corrected chi connectivity index (χ1v) is 6.38. The van der Waals surface area contributed by atoms with E-state index >= 15 is 0 Å². The quantitative estimate of drug-likeness (QED) is 0.589. The van der Waals surface area contributed by atoms with E-state index in [0.29, 0.717) is 0 Å². The molecule has 0 bridgehead atoms. The summed E-state index contributed by atoms with van der Waals surface area (Å²) in [5, 5.41) is 4.08. The summed E-state index contributed by atoms with van der Waals surface area (Å²) in [5.41, 5.74) is 6.92. The van der Waals surface area contributed by atoms with E-state index in [9.17, 15) is 0 Å². The fourth-order valence-corrected chi connectivity index (χ4v) is 2.38. The summed E-state index contributed by atoms with van der Waals surface area (Å²) < 4.78 is 0. The van der Waals surface area contributed by atoms with Crippen LogP contribution in [0.3, 0.4) is 0 Å². The molecule has 0 atom stereocenters. The van der Waals surface area contributed by atoms with Gasteiger partial charge in [-0.05, 0) is 37.5 Å². The van der Waals surface area contributed by atoms with Crippen molar-refractivity contribution in [1.29, 1.82) is 0 Å². The van der Waals surface area contributed by atoms with Crippen molar-refractivity contribution in [3.05, 3.63) is 59.2 Å². The van der Waals surface area contributed by atoms with E-state index in [0.717, 1.165) is 11.3 Å². The zero-order valence-electron chi connectivity index (χ0n) is 11.9. The maximum Gasteiger partial charge on any atom is 0.106 e. The van der Waals surface area contributed by atoms with Crippen molar-refractivity contribution in [3.8, 4) is 11.1 Å². The SMILES string of the molecule is CO/N=C(\C)c1c(C)cccc1-c1cccc(C)c1. The molecule has 19 heavy (non-hydrogen) atoms. The van der Waals surface area contributed by atoms with Crippen LogP contribution >= 0.6 is 0 Å². The molecule has 0 N–H and O–H groups in total. The number of hydrogen-bond donors (Lipinski definition) is 0. The van der Waals surface area contributed by atoms with Crippen LogP contribution < -0.4 is 0 Å². The Morgan fingerprint density at radius 2 is 1.79 bits per heavy atom. The minimum absolute atomic E-state index is 0.900. The molecule has 2 aromatic carbocycles. The molecule has 2 nitrogen and oxygen atoms in total. The van der Waals surface area contributed by atoms with Crippen LogP contribution in [0.5, 0.6) is 0 Å². The van der Waals surface area contributed by atoms with Gasteiger partial charge in [0.05, 0.1) is 5.71 Å². The Hall–Kier alpha value is -2.09.